The maximum Gasteiger partial charge on any atom is 0.311 e. The summed E-state index contributed by atoms with van der Waals surface area (Å²) in [7, 11) is 5.47. The Hall–Kier alpha value is -1.05. The summed E-state index contributed by atoms with van der Waals surface area (Å²) in [6.07, 6.45) is -5.99. The quantitative estimate of drug-likeness (QED) is 0.214. The number of carbonyl (C=O) groups excluding carboxylic acids is 1. The smallest absolute Gasteiger partial charge is 0.311 e. The van der Waals surface area contributed by atoms with Crippen molar-refractivity contribution in [2.45, 2.75) is 211 Å². The van der Waals surface area contributed by atoms with Crippen LogP contribution in [-0.4, -0.2) is 173 Å². The molecule has 4 rings (SSSR count). The highest BCUT2D eigenvalue weighted by atomic mass is 16.7. The standard InChI is InChI=1S/C43H81N3O12/c1-16-18-46-23-43(58-30(46)9)29(8)54-33(21-41(43,11)52-15)56-35-26(5)37(57-39-34(47)31(45(13)14)19-25(4)53-39)40(10,50)20-24(3)22-44-28(7)36(48)42(12,51)32(17-2)55-38(49)27(35)6/h24-37,39,44,47-48,50-51H,16-23H2,1-15H3/t24-,25-,26-,27-,28+,29+,30?,31+,32+,33?,34-,35-,36-,37-,39+,40+,41-,42-,43?/m1/s1. The highest BCUT2D eigenvalue weighted by molar-refractivity contribution is 5.73. The number of methoxy groups -OCH3 is 1. The number of hydrogen-bond acceptors (Lipinski definition) is 15. The molecule has 58 heavy (non-hydrogen) atoms. The van der Waals surface area contributed by atoms with Crippen molar-refractivity contribution in [1.82, 2.24) is 15.1 Å². The number of rotatable bonds is 9. The average molecular weight is 832 g/mol. The van der Waals surface area contributed by atoms with E-state index in [9.17, 15) is 25.2 Å². The number of nitrogens with one attached hydrogen (secondary N) is 1. The van der Waals surface area contributed by atoms with Gasteiger partial charge in [-0.3, -0.25) is 9.69 Å². The van der Waals surface area contributed by atoms with Gasteiger partial charge in [0.2, 0.25) is 0 Å². The second-order valence-corrected chi connectivity index (χ2v) is 19.2. The van der Waals surface area contributed by atoms with Gasteiger partial charge in [-0.2, -0.15) is 0 Å². The SMILES string of the molecule is CCCN1CC2(OC1C)[C@H](C)OC(O[C@@H]1[C@@H](C)[C@@H](O[C@@H]3O[C@H](C)C[C@H](N(C)C)[C@H]3O)[C@@](C)(O)C[C@@H](C)CN[C@@H](C)[C@@H](O)[C@](C)(O)[C@H](CC)OC(=O)[C@@H]1C)C[C@@]2(C)OC. The number of nitrogens with zero attached hydrogens (tertiary/aromatic N) is 2. The van der Waals surface area contributed by atoms with E-state index in [4.69, 9.17) is 33.2 Å². The lowest BCUT2D eigenvalue weighted by Crippen LogP contribution is -2.68. The molecule has 4 heterocycles. The molecule has 0 radical (unpaired) electrons. The fourth-order valence-electron chi connectivity index (χ4n) is 10.3. The van der Waals surface area contributed by atoms with E-state index in [1.807, 2.05) is 60.5 Å². The lowest BCUT2D eigenvalue weighted by atomic mass is 9.75. The minimum Gasteiger partial charge on any atom is -0.459 e. The predicted molar refractivity (Wildman–Crippen MR) is 219 cm³/mol. The van der Waals surface area contributed by atoms with E-state index in [1.165, 1.54) is 6.92 Å². The van der Waals surface area contributed by atoms with Crippen LogP contribution in [0.3, 0.4) is 0 Å². The van der Waals surface area contributed by atoms with Crippen LogP contribution >= 0.6 is 0 Å². The van der Waals surface area contributed by atoms with Crippen LogP contribution in [0.15, 0.2) is 0 Å². The second-order valence-electron chi connectivity index (χ2n) is 19.2. The molecule has 0 amide bonds. The molecule has 4 aliphatic rings. The molecular weight excluding hydrogens is 750 g/mol. The monoisotopic (exact) mass is 832 g/mol. The summed E-state index contributed by atoms with van der Waals surface area (Å²) >= 11 is 0. The summed E-state index contributed by atoms with van der Waals surface area (Å²) in [6, 6.07) is -0.850. The third kappa shape index (κ3) is 10.2. The number of aliphatic hydroxyl groups excluding tert-OH is 2. The Bertz CT molecular complexity index is 1330. The van der Waals surface area contributed by atoms with Gasteiger partial charge in [0, 0.05) is 44.6 Å². The van der Waals surface area contributed by atoms with Crippen molar-refractivity contribution in [2.24, 2.45) is 17.8 Å². The van der Waals surface area contributed by atoms with E-state index >= 15 is 0 Å². The molecule has 4 saturated heterocycles. The third-order valence-electron chi connectivity index (χ3n) is 14.0. The van der Waals surface area contributed by atoms with Gasteiger partial charge in [0.15, 0.2) is 12.6 Å². The predicted octanol–water partition coefficient (Wildman–Crippen LogP) is 3.02. The van der Waals surface area contributed by atoms with Crippen LogP contribution in [0.1, 0.15) is 115 Å². The Morgan fingerprint density at radius 3 is 2.21 bits per heavy atom. The van der Waals surface area contributed by atoms with Crippen molar-refractivity contribution >= 4 is 5.97 Å². The zero-order chi connectivity index (χ0) is 43.7. The number of aliphatic hydroxyl groups is 4. The van der Waals surface area contributed by atoms with E-state index in [0.29, 0.717) is 19.5 Å². The molecule has 0 aliphatic carbocycles. The summed E-state index contributed by atoms with van der Waals surface area (Å²) in [5.41, 5.74) is -5.02. The van der Waals surface area contributed by atoms with Gasteiger partial charge in [-0.05, 0) is 108 Å². The van der Waals surface area contributed by atoms with Gasteiger partial charge in [-0.1, -0.05) is 27.7 Å². The number of carbonyl (C=O) groups is 1. The van der Waals surface area contributed by atoms with Crippen molar-refractivity contribution in [3.8, 4) is 0 Å². The van der Waals surface area contributed by atoms with E-state index in [1.54, 1.807) is 34.8 Å². The zero-order valence-corrected chi connectivity index (χ0v) is 38.3. The highest BCUT2D eigenvalue weighted by Gasteiger charge is 2.64. The lowest BCUT2D eigenvalue weighted by molar-refractivity contribution is -0.338. The van der Waals surface area contributed by atoms with Crippen LogP contribution in [-0.2, 0) is 38.0 Å². The Morgan fingerprint density at radius 2 is 1.62 bits per heavy atom. The van der Waals surface area contributed by atoms with Crippen molar-refractivity contribution in [3.63, 3.8) is 0 Å². The number of likely N-dealkylation sites (N-methyl/N-ethyl adjacent to an activating group) is 1. The fraction of sp³-hybridized carbons (Fsp3) is 0.977. The summed E-state index contributed by atoms with van der Waals surface area (Å²) in [5, 5.41) is 50.7. The summed E-state index contributed by atoms with van der Waals surface area (Å²) in [6.45, 7) is 24.2. The first-order valence-electron chi connectivity index (χ1n) is 21.9. The Kier molecular flexibility index (Phi) is 16.7. The molecule has 19 atom stereocenters. The molecule has 1 spiro atoms. The van der Waals surface area contributed by atoms with Crippen LogP contribution in [0.2, 0.25) is 0 Å². The molecule has 4 fully saturated rings. The molecule has 340 valence electrons. The van der Waals surface area contributed by atoms with Crippen molar-refractivity contribution in [3.05, 3.63) is 0 Å². The van der Waals surface area contributed by atoms with E-state index < -0.39 is 95.5 Å². The number of esters is 1. The van der Waals surface area contributed by atoms with E-state index in [0.717, 1.165) is 13.0 Å². The Labute approximate surface area is 348 Å². The normalized spacial score (nSPS) is 49.4. The molecule has 15 nitrogen and oxygen atoms in total. The first kappa shape index (κ1) is 49.6. The topological polar surface area (TPSA) is 181 Å². The van der Waals surface area contributed by atoms with Crippen molar-refractivity contribution < 1.29 is 58.4 Å². The summed E-state index contributed by atoms with van der Waals surface area (Å²) in [5.74, 6) is -2.53. The molecule has 0 aromatic rings. The molecule has 4 aliphatic heterocycles. The van der Waals surface area contributed by atoms with Gasteiger partial charge < -0.3 is 63.8 Å². The molecule has 0 aromatic carbocycles. The van der Waals surface area contributed by atoms with Gasteiger partial charge in [0.1, 0.15) is 41.3 Å². The van der Waals surface area contributed by atoms with E-state index in [2.05, 4.69) is 17.1 Å². The average Bonchev–Trinajstić information content (AvgIpc) is 3.49. The second kappa shape index (κ2) is 19.6. The van der Waals surface area contributed by atoms with Crippen molar-refractivity contribution in [1.29, 1.82) is 0 Å². The van der Waals surface area contributed by atoms with Crippen LogP contribution in [0, 0.1) is 17.8 Å². The largest absolute Gasteiger partial charge is 0.459 e. The number of hydrogen-bond donors (Lipinski definition) is 5. The summed E-state index contributed by atoms with van der Waals surface area (Å²) < 4.78 is 45.9. The Balaban J connectivity index is 1.80. The first-order valence-corrected chi connectivity index (χ1v) is 21.9. The molecule has 3 unspecified atom stereocenters. The van der Waals surface area contributed by atoms with Gasteiger partial charge in [0.25, 0.3) is 0 Å². The van der Waals surface area contributed by atoms with E-state index in [-0.39, 0.29) is 43.6 Å². The molecule has 5 N–H and O–H groups in total. The first-order chi connectivity index (χ1) is 26.9. The number of cyclic esters (lactones) is 1. The summed E-state index contributed by atoms with van der Waals surface area (Å²) in [4.78, 5) is 18.7. The minimum atomic E-state index is -1.80. The molecule has 0 bridgehead atoms. The molecule has 15 heteroatoms. The van der Waals surface area contributed by atoms with Gasteiger partial charge >= 0.3 is 5.97 Å². The molecule has 0 saturated carbocycles. The fourth-order valence-corrected chi connectivity index (χ4v) is 10.3. The zero-order valence-electron chi connectivity index (χ0n) is 38.3. The van der Waals surface area contributed by atoms with Gasteiger partial charge in [-0.25, -0.2) is 0 Å². The maximum absolute atomic E-state index is 14.4. The third-order valence-corrected chi connectivity index (χ3v) is 14.0. The van der Waals surface area contributed by atoms with Crippen LogP contribution in [0.25, 0.3) is 0 Å². The molecular formula is C43H81N3O12. The number of ether oxygens (including phenoxy) is 7. The van der Waals surface area contributed by atoms with Gasteiger partial charge in [0.05, 0.1) is 35.9 Å². The minimum absolute atomic E-state index is 0.147. The molecule has 0 aromatic heterocycles. The van der Waals surface area contributed by atoms with Gasteiger partial charge in [-0.15, -0.1) is 0 Å². The van der Waals surface area contributed by atoms with Crippen LogP contribution in [0.4, 0.5) is 0 Å². The maximum atomic E-state index is 14.4. The van der Waals surface area contributed by atoms with Crippen LogP contribution in [0.5, 0.6) is 0 Å². The van der Waals surface area contributed by atoms with Crippen molar-refractivity contribution in [2.75, 3.05) is 40.8 Å². The van der Waals surface area contributed by atoms with Crippen LogP contribution < -0.4 is 5.32 Å². The highest BCUT2D eigenvalue weighted by Crippen LogP contribution is 2.48. The lowest BCUT2D eigenvalue weighted by Gasteiger charge is -2.54. The Morgan fingerprint density at radius 1 is 0.966 bits per heavy atom.